The van der Waals surface area contributed by atoms with Gasteiger partial charge >= 0.3 is 0 Å². The van der Waals surface area contributed by atoms with Crippen molar-refractivity contribution in [3.8, 4) is 0 Å². The predicted molar refractivity (Wildman–Crippen MR) is 64.5 cm³/mol. The third kappa shape index (κ3) is 3.83. The molecule has 0 atom stereocenters. The second kappa shape index (κ2) is 6.51. The number of likely N-dealkylation sites (N-methyl/N-ethyl adjacent to an activating group) is 1. The van der Waals surface area contributed by atoms with Crippen molar-refractivity contribution in [2.45, 2.75) is 13.3 Å². The van der Waals surface area contributed by atoms with Crippen LogP contribution in [0.4, 0.5) is 0 Å². The van der Waals surface area contributed by atoms with Gasteiger partial charge in [-0.3, -0.25) is 4.79 Å². The molecule has 1 amide bonds. The Kier molecular flexibility index (Phi) is 5.29. The Morgan fingerprint density at radius 2 is 2.00 bits per heavy atom. The van der Waals surface area contributed by atoms with Gasteiger partial charge in [0.2, 0.25) is 5.91 Å². The quantitative estimate of drug-likeness (QED) is 0.853. The molecule has 0 aromatic heterocycles. The van der Waals surface area contributed by atoms with E-state index in [-0.39, 0.29) is 12.5 Å². The summed E-state index contributed by atoms with van der Waals surface area (Å²) in [5.41, 5.74) is 0.936. The molecule has 0 aliphatic heterocycles. The standard InChI is InChI=1S/C12H16ClNO2/c1-2-14(7-8-15)12(16)9-10-3-5-11(13)6-4-10/h3-6,15H,2,7-9H2,1H3. The number of carbonyl (C=O) groups excluding carboxylic acids is 1. The highest BCUT2D eigenvalue weighted by Gasteiger charge is 2.11. The van der Waals surface area contributed by atoms with Gasteiger partial charge in [-0.1, -0.05) is 23.7 Å². The fraction of sp³-hybridized carbons (Fsp3) is 0.417. The van der Waals surface area contributed by atoms with Crippen molar-refractivity contribution in [2.75, 3.05) is 19.7 Å². The fourth-order valence-corrected chi connectivity index (χ4v) is 1.59. The number of carbonyl (C=O) groups is 1. The first kappa shape index (κ1) is 13.0. The molecule has 1 N–H and O–H groups in total. The zero-order chi connectivity index (χ0) is 12.0. The van der Waals surface area contributed by atoms with Crippen molar-refractivity contribution in [1.82, 2.24) is 4.90 Å². The Labute approximate surface area is 101 Å². The highest BCUT2D eigenvalue weighted by Crippen LogP contribution is 2.10. The summed E-state index contributed by atoms with van der Waals surface area (Å²) in [6, 6.07) is 7.22. The van der Waals surface area contributed by atoms with E-state index in [0.29, 0.717) is 24.5 Å². The summed E-state index contributed by atoms with van der Waals surface area (Å²) in [6.07, 6.45) is 0.352. The minimum Gasteiger partial charge on any atom is -0.395 e. The van der Waals surface area contributed by atoms with Gasteiger partial charge in [-0.2, -0.15) is 0 Å². The van der Waals surface area contributed by atoms with Crippen molar-refractivity contribution in [1.29, 1.82) is 0 Å². The lowest BCUT2D eigenvalue weighted by Crippen LogP contribution is -2.34. The minimum absolute atomic E-state index is 0.000196. The number of amides is 1. The molecule has 0 bridgehead atoms. The largest absolute Gasteiger partial charge is 0.395 e. The lowest BCUT2D eigenvalue weighted by molar-refractivity contribution is -0.130. The second-order valence-corrected chi connectivity index (χ2v) is 3.94. The summed E-state index contributed by atoms with van der Waals surface area (Å²) in [7, 11) is 0. The van der Waals surface area contributed by atoms with Crippen LogP contribution in [0.3, 0.4) is 0 Å². The molecule has 3 nitrogen and oxygen atoms in total. The van der Waals surface area contributed by atoms with E-state index in [1.165, 1.54) is 0 Å². The van der Waals surface area contributed by atoms with E-state index in [4.69, 9.17) is 16.7 Å². The van der Waals surface area contributed by atoms with Crippen LogP contribution in [0.25, 0.3) is 0 Å². The zero-order valence-electron chi connectivity index (χ0n) is 9.32. The average molecular weight is 242 g/mol. The van der Waals surface area contributed by atoms with Gasteiger partial charge in [-0.25, -0.2) is 0 Å². The molecule has 0 spiro atoms. The number of rotatable bonds is 5. The molecule has 1 rings (SSSR count). The first-order valence-corrected chi connectivity index (χ1v) is 5.68. The molecule has 0 radical (unpaired) electrons. The van der Waals surface area contributed by atoms with Gasteiger partial charge in [-0.05, 0) is 24.6 Å². The SMILES string of the molecule is CCN(CCO)C(=O)Cc1ccc(Cl)cc1. The van der Waals surface area contributed by atoms with E-state index in [1.807, 2.05) is 19.1 Å². The van der Waals surface area contributed by atoms with Gasteiger partial charge in [0.05, 0.1) is 13.0 Å². The molecule has 16 heavy (non-hydrogen) atoms. The van der Waals surface area contributed by atoms with Crippen LogP contribution in [0.1, 0.15) is 12.5 Å². The van der Waals surface area contributed by atoms with Crippen LogP contribution in [0.5, 0.6) is 0 Å². The summed E-state index contributed by atoms with van der Waals surface area (Å²) in [5, 5.41) is 9.47. The third-order valence-electron chi connectivity index (χ3n) is 2.37. The Morgan fingerprint density at radius 1 is 1.38 bits per heavy atom. The Hall–Kier alpha value is -1.06. The molecule has 0 saturated heterocycles. The molecule has 0 saturated carbocycles. The highest BCUT2D eigenvalue weighted by molar-refractivity contribution is 6.30. The summed E-state index contributed by atoms with van der Waals surface area (Å²) < 4.78 is 0. The fourth-order valence-electron chi connectivity index (χ4n) is 1.47. The van der Waals surface area contributed by atoms with Crippen LogP contribution in [0, 0.1) is 0 Å². The maximum atomic E-state index is 11.8. The van der Waals surface area contributed by atoms with Gasteiger partial charge in [0.25, 0.3) is 0 Å². The third-order valence-corrected chi connectivity index (χ3v) is 2.62. The van der Waals surface area contributed by atoms with Crippen molar-refractivity contribution in [3.05, 3.63) is 34.9 Å². The topological polar surface area (TPSA) is 40.5 Å². The van der Waals surface area contributed by atoms with Crippen molar-refractivity contribution < 1.29 is 9.90 Å². The minimum atomic E-state index is 0.000196. The van der Waals surface area contributed by atoms with Crippen molar-refractivity contribution in [3.63, 3.8) is 0 Å². The maximum Gasteiger partial charge on any atom is 0.227 e. The lowest BCUT2D eigenvalue weighted by atomic mass is 10.1. The van der Waals surface area contributed by atoms with E-state index < -0.39 is 0 Å². The van der Waals surface area contributed by atoms with Gasteiger partial charge < -0.3 is 10.0 Å². The molecular weight excluding hydrogens is 226 g/mol. The molecule has 4 heteroatoms. The molecule has 0 unspecified atom stereocenters. The summed E-state index contributed by atoms with van der Waals surface area (Å²) in [5.74, 6) is 0.0267. The predicted octanol–water partition coefficient (Wildman–Crippen LogP) is 1.72. The van der Waals surface area contributed by atoms with Crippen molar-refractivity contribution in [2.24, 2.45) is 0 Å². The zero-order valence-corrected chi connectivity index (χ0v) is 10.1. The Balaban J connectivity index is 2.59. The molecule has 0 aliphatic rings. The van der Waals surface area contributed by atoms with Gasteiger partial charge in [0.15, 0.2) is 0 Å². The Bertz CT molecular complexity index is 337. The number of hydrogen-bond acceptors (Lipinski definition) is 2. The van der Waals surface area contributed by atoms with Crippen LogP contribution in [-0.4, -0.2) is 35.6 Å². The first-order chi connectivity index (χ1) is 7.67. The Morgan fingerprint density at radius 3 is 2.50 bits per heavy atom. The molecule has 1 aromatic rings. The first-order valence-electron chi connectivity index (χ1n) is 5.30. The van der Waals surface area contributed by atoms with Crippen LogP contribution >= 0.6 is 11.6 Å². The smallest absolute Gasteiger partial charge is 0.227 e. The molecule has 0 fully saturated rings. The summed E-state index contributed by atoms with van der Waals surface area (Å²) in [4.78, 5) is 13.4. The number of benzene rings is 1. The van der Waals surface area contributed by atoms with E-state index in [0.717, 1.165) is 5.56 Å². The van der Waals surface area contributed by atoms with Gasteiger partial charge in [-0.15, -0.1) is 0 Å². The number of nitrogens with zero attached hydrogens (tertiary/aromatic N) is 1. The van der Waals surface area contributed by atoms with Crippen LogP contribution in [0.15, 0.2) is 24.3 Å². The van der Waals surface area contributed by atoms with E-state index in [9.17, 15) is 4.79 Å². The van der Waals surface area contributed by atoms with Crippen LogP contribution in [0.2, 0.25) is 5.02 Å². The molecule has 0 heterocycles. The normalized spacial score (nSPS) is 10.2. The average Bonchev–Trinajstić information content (AvgIpc) is 2.29. The van der Waals surface area contributed by atoms with E-state index >= 15 is 0 Å². The number of aliphatic hydroxyl groups excluding tert-OH is 1. The molecule has 88 valence electrons. The second-order valence-electron chi connectivity index (χ2n) is 3.50. The number of halogens is 1. The molecule has 0 aliphatic carbocycles. The van der Waals surface area contributed by atoms with Crippen LogP contribution in [-0.2, 0) is 11.2 Å². The van der Waals surface area contributed by atoms with Gasteiger partial charge in [0.1, 0.15) is 0 Å². The molecular formula is C12H16ClNO2. The van der Waals surface area contributed by atoms with Crippen molar-refractivity contribution >= 4 is 17.5 Å². The number of aliphatic hydroxyl groups is 1. The van der Waals surface area contributed by atoms with Crippen LogP contribution < -0.4 is 0 Å². The number of hydrogen-bond donors (Lipinski definition) is 1. The van der Waals surface area contributed by atoms with Gasteiger partial charge in [0, 0.05) is 18.1 Å². The van der Waals surface area contributed by atoms with E-state index in [2.05, 4.69) is 0 Å². The monoisotopic (exact) mass is 241 g/mol. The highest BCUT2D eigenvalue weighted by atomic mass is 35.5. The summed E-state index contributed by atoms with van der Waals surface area (Å²) in [6.45, 7) is 2.91. The lowest BCUT2D eigenvalue weighted by Gasteiger charge is -2.19. The molecule has 1 aromatic carbocycles. The van der Waals surface area contributed by atoms with E-state index in [1.54, 1.807) is 17.0 Å². The summed E-state index contributed by atoms with van der Waals surface area (Å²) >= 11 is 5.76. The maximum absolute atomic E-state index is 11.8.